The van der Waals surface area contributed by atoms with Crippen LogP contribution in [0.2, 0.25) is 10.0 Å². The van der Waals surface area contributed by atoms with Gasteiger partial charge in [0.1, 0.15) is 12.4 Å². The van der Waals surface area contributed by atoms with Gasteiger partial charge in [0.25, 0.3) is 5.91 Å². The van der Waals surface area contributed by atoms with Crippen molar-refractivity contribution in [3.63, 3.8) is 0 Å². The quantitative estimate of drug-likeness (QED) is 0.660. The Hall–Kier alpha value is -2.48. The Kier molecular flexibility index (Phi) is 5.05. The van der Waals surface area contributed by atoms with E-state index >= 15 is 0 Å². The molecular weight excluding hydrogens is 424 g/mol. The van der Waals surface area contributed by atoms with Crippen LogP contribution in [-0.2, 0) is 4.79 Å². The van der Waals surface area contributed by atoms with Gasteiger partial charge in [-0.1, -0.05) is 35.3 Å². The highest BCUT2D eigenvalue weighted by Gasteiger charge is 2.28. The fourth-order valence-corrected chi connectivity index (χ4v) is 4.33. The number of hydrogen-bond donors (Lipinski definition) is 1. The summed E-state index contributed by atoms with van der Waals surface area (Å²) >= 11 is 13.3. The summed E-state index contributed by atoms with van der Waals surface area (Å²) in [5.41, 5.74) is 1.62. The number of benzene rings is 2. The van der Waals surface area contributed by atoms with Crippen LogP contribution >= 0.6 is 34.5 Å². The molecule has 4 rings (SSSR count). The lowest BCUT2D eigenvalue weighted by atomic mass is 10.1. The molecule has 0 atom stereocenters. The second-order valence-corrected chi connectivity index (χ2v) is 8.00. The number of thiazole rings is 1. The maximum absolute atomic E-state index is 13.9. The van der Waals surface area contributed by atoms with E-state index in [9.17, 15) is 14.0 Å². The molecule has 1 aliphatic heterocycles. The van der Waals surface area contributed by atoms with Crippen molar-refractivity contribution in [2.45, 2.75) is 0 Å². The van der Waals surface area contributed by atoms with Crippen LogP contribution < -0.4 is 5.32 Å². The second kappa shape index (κ2) is 7.50. The summed E-state index contributed by atoms with van der Waals surface area (Å²) in [4.78, 5) is 30.7. The zero-order valence-electron chi connectivity index (χ0n) is 14.2. The van der Waals surface area contributed by atoms with Crippen molar-refractivity contribution in [2.75, 3.05) is 13.2 Å². The number of halogens is 3. The molecule has 1 N–H and O–H groups in total. The normalized spacial score (nSPS) is 13.7. The number of nitrogens with one attached hydrogen (secondary N) is 1. The summed E-state index contributed by atoms with van der Waals surface area (Å²) in [6.07, 6.45) is 0. The van der Waals surface area contributed by atoms with Crippen molar-refractivity contribution in [3.05, 3.63) is 63.3 Å². The van der Waals surface area contributed by atoms with Crippen LogP contribution in [0.4, 0.5) is 4.39 Å². The van der Waals surface area contributed by atoms with E-state index < -0.39 is 5.82 Å². The first-order valence-electron chi connectivity index (χ1n) is 8.20. The molecule has 0 saturated carbocycles. The van der Waals surface area contributed by atoms with Crippen molar-refractivity contribution in [2.24, 2.45) is 0 Å². The average Bonchev–Trinajstić information content (AvgIpc) is 3.27. The minimum absolute atomic E-state index is 0.0218. The van der Waals surface area contributed by atoms with Crippen LogP contribution in [0, 0.1) is 5.82 Å². The third kappa shape index (κ3) is 3.73. The highest BCUT2D eigenvalue weighted by atomic mass is 35.5. The number of carbonyl (C=O) groups excluding carboxylic acids is 2. The van der Waals surface area contributed by atoms with E-state index in [0.29, 0.717) is 21.2 Å². The van der Waals surface area contributed by atoms with E-state index in [1.54, 1.807) is 24.3 Å². The Bertz CT molecular complexity index is 1080. The number of aromatic nitrogens is 1. The van der Waals surface area contributed by atoms with Gasteiger partial charge >= 0.3 is 0 Å². The van der Waals surface area contributed by atoms with Gasteiger partial charge in [-0.25, -0.2) is 9.37 Å². The maximum Gasteiger partial charge on any atom is 0.284 e. The van der Waals surface area contributed by atoms with Gasteiger partial charge in [0.05, 0.1) is 17.2 Å². The zero-order valence-corrected chi connectivity index (χ0v) is 16.5. The lowest BCUT2D eigenvalue weighted by Crippen LogP contribution is -2.29. The monoisotopic (exact) mass is 435 g/mol. The van der Waals surface area contributed by atoms with Crippen molar-refractivity contribution in [1.82, 2.24) is 15.2 Å². The molecule has 0 spiro atoms. The van der Waals surface area contributed by atoms with E-state index in [4.69, 9.17) is 23.2 Å². The Morgan fingerprint density at radius 1 is 1.14 bits per heavy atom. The molecule has 1 aromatic heterocycles. The van der Waals surface area contributed by atoms with E-state index in [1.165, 1.54) is 17.0 Å². The topological polar surface area (TPSA) is 62.3 Å². The molecule has 2 aromatic carbocycles. The molecule has 0 aliphatic carbocycles. The van der Waals surface area contributed by atoms with Crippen LogP contribution in [0.5, 0.6) is 0 Å². The predicted molar refractivity (Wildman–Crippen MR) is 107 cm³/mol. The molecule has 1 aliphatic rings. The van der Waals surface area contributed by atoms with E-state index in [1.807, 2.05) is 6.07 Å². The van der Waals surface area contributed by atoms with Crippen molar-refractivity contribution < 1.29 is 14.0 Å². The van der Waals surface area contributed by atoms with Crippen molar-refractivity contribution in [3.8, 4) is 21.7 Å². The summed E-state index contributed by atoms with van der Waals surface area (Å²) in [7, 11) is 0. The van der Waals surface area contributed by atoms with Gasteiger partial charge in [-0.2, -0.15) is 0 Å². The van der Waals surface area contributed by atoms with Crippen LogP contribution in [0.1, 0.15) is 9.80 Å². The maximum atomic E-state index is 13.9. The lowest BCUT2D eigenvalue weighted by molar-refractivity contribution is -0.118. The third-order valence-electron chi connectivity index (χ3n) is 4.12. The first-order valence-corrected chi connectivity index (χ1v) is 9.77. The highest BCUT2D eigenvalue weighted by molar-refractivity contribution is 7.17. The Morgan fingerprint density at radius 3 is 2.61 bits per heavy atom. The highest BCUT2D eigenvalue weighted by Crippen LogP contribution is 2.39. The van der Waals surface area contributed by atoms with Gasteiger partial charge in [0.2, 0.25) is 5.91 Å². The Morgan fingerprint density at radius 2 is 1.93 bits per heavy atom. The SMILES string of the molecule is O=C1CN(C(=O)c2nc(-c3cc(F)cc(Cl)c3)c(-c3cccc(Cl)c3)s2)CN1. The molecule has 3 aromatic rings. The first kappa shape index (κ1) is 18.9. The molecule has 0 radical (unpaired) electrons. The van der Waals surface area contributed by atoms with Gasteiger partial charge < -0.3 is 10.2 Å². The van der Waals surface area contributed by atoms with E-state index in [2.05, 4.69) is 10.3 Å². The largest absolute Gasteiger partial charge is 0.337 e. The van der Waals surface area contributed by atoms with Crippen molar-refractivity contribution >= 4 is 46.4 Å². The molecule has 0 bridgehead atoms. The fourth-order valence-electron chi connectivity index (χ4n) is 2.87. The standard InChI is InChI=1S/C19H12Cl2FN3O2S/c20-12-3-1-2-10(4-12)17-16(11-5-13(21)7-14(22)6-11)24-18(28-17)19(27)25-8-15(26)23-9-25/h1-7H,8-9H2,(H,23,26). The van der Waals surface area contributed by atoms with Gasteiger partial charge in [-0.3, -0.25) is 9.59 Å². The lowest BCUT2D eigenvalue weighted by Gasteiger charge is -2.10. The second-order valence-electron chi connectivity index (χ2n) is 6.13. The fraction of sp³-hybridized carbons (Fsp3) is 0.105. The Balaban J connectivity index is 1.84. The summed E-state index contributed by atoms with van der Waals surface area (Å²) < 4.78 is 13.9. The van der Waals surface area contributed by atoms with Crippen molar-refractivity contribution in [1.29, 1.82) is 0 Å². The van der Waals surface area contributed by atoms with Crippen LogP contribution in [0.25, 0.3) is 21.7 Å². The van der Waals surface area contributed by atoms with Gasteiger partial charge in [0, 0.05) is 15.6 Å². The van der Waals surface area contributed by atoms with Crippen LogP contribution in [0.15, 0.2) is 42.5 Å². The molecule has 142 valence electrons. The van der Waals surface area contributed by atoms with E-state index in [0.717, 1.165) is 16.9 Å². The minimum atomic E-state index is -0.505. The summed E-state index contributed by atoms with van der Waals surface area (Å²) in [5.74, 6) is -1.10. The number of amides is 2. The molecule has 9 heteroatoms. The molecule has 0 unspecified atom stereocenters. The third-order valence-corrected chi connectivity index (χ3v) is 5.67. The molecule has 1 saturated heterocycles. The summed E-state index contributed by atoms with van der Waals surface area (Å²) in [6, 6.07) is 11.2. The number of carbonyl (C=O) groups is 2. The predicted octanol–water partition coefficient (Wildman–Crippen LogP) is 4.45. The molecule has 5 nitrogen and oxygen atoms in total. The van der Waals surface area contributed by atoms with Gasteiger partial charge in [0.15, 0.2) is 5.01 Å². The van der Waals surface area contributed by atoms with Crippen LogP contribution in [-0.4, -0.2) is 34.9 Å². The van der Waals surface area contributed by atoms with Gasteiger partial charge in [-0.05, 0) is 35.9 Å². The van der Waals surface area contributed by atoms with Crippen LogP contribution in [0.3, 0.4) is 0 Å². The Labute approximate surface area is 173 Å². The zero-order chi connectivity index (χ0) is 19.8. The first-order chi connectivity index (χ1) is 13.4. The number of hydrogen-bond acceptors (Lipinski definition) is 4. The molecular formula is C19H12Cl2FN3O2S. The average molecular weight is 436 g/mol. The summed E-state index contributed by atoms with van der Waals surface area (Å²) in [6.45, 7) is 0.108. The minimum Gasteiger partial charge on any atom is -0.337 e. The molecule has 2 heterocycles. The smallest absolute Gasteiger partial charge is 0.284 e. The molecule has 2 amide bonds. The van der Waals surface area contributed by atoms with Gasteiger partial charge in [-0.15, -0.1) is 11.3 Å². The molecule has 1 fully saturated rings. The van der Waals surface area contributed by atoms with E-state index in [-0.39, 0.29) is 35.1 Å². The summed E-state index contributed by atoms with van der Waals surface area (Å²) in [5, 5.41) is 3.53. The molecule has 28 heavy (non-hydrogen) atoms. The number of rotatable bonds is 3. The number of nitrogens with zero attached hydrogens (tertiary/aromatic N) is 2.